The van der Waals surface area contributed by atoms with Gasteiger partial charge >= 0.3 is 0 Å². The summed E-state index contributed by atoms with van der Waals surface area (Å²) in [5.74, 6) is -0.0350. The molecule has 1 aromatic carbocycles. The zero-order valence-electron chi connectivity index (χ0n) is 9.76. The molecule has 2 N–H and O–H groups in total. The van der Waals surface area contributed by atoms with E-state index in [1.807, 2.05) is 36.4 Å². The number of rotatable bonds is 2. The Morgan fingerprint density at radius 3 is 2.50 bits per heavy atom. The maximum Gasteiger partial charge on any atom is 0.300 e. The molecule has 18 heavy (non-hydrogen) atoms. The van der Waals surface area contributed by atoms with E-state index in [-0.39, 0.29) is 6.61 Å². The Morgan fingerprint density at radius 1 is 1.33 bits per heavy atom. The summed E-state index contributed by atoms with van der Waals surface area (Å²) in [7, 11) is 0. The molecule has 2 rings (SSSR count). The van der Waals surface area contributed by atoms with Gasteiger partial charge in [0.25, 0.3) is 5.97 Å². The number of hydrogen-bond donors (Lipinski definition) is 2. The fourth-order valence-corrected chi connectivity index (χ4v) is 1.60. The van der Waals surface area contributed by atoms with Crippen LogP contribution in [0.1, 0.15) is 12.5 Å². The van der Waals surface area contributed by atoms with Gasteiger partial charge in [0.05, 0.1) is 6.61 Å². The van der Waals surface area contributed by atoms with Crippen molar-refractivity contribution in [3.63, 3.8) is 0 Å². The van der Waals surface area contributed by atoms with Crippen molar-refractivity contribution in [1.29, 1.82) is 0 Å². The Hall–Kier alpha value is -1.59. The predicted molar refractivity (Wildman–Crippen MR) is 71.1 cm³/mol. The second-order valence-corrected chi connectivity index (χ2v) is 4.26. The number of hydrogen-bond acceptors (Lipinski definition) is 3. The molecule has 0 radical (unpaired) electrons. The number of halogens is 1. The average molecular weight is 313 g/mol. The highest BCUT2D eigenvalue weighted by Crippen LogP contribution is 2.25. The maximum absolute atomic E-state index is 9.00. The third kappa shape index (κ3) is 4.73. The molecule has 0 atom stereocenters. The Morgan fingerprint density at radius 2 is 2.00 bits per heavy atom. The lowest BCUT2D eigenvalue weighted by Gasteiger charge is -1.99. The second kappa shape index (κ2) is 6.98. The van der Waals surface area contributed by atoms with Crippen LogP contribution in [0, 0.1) is 0 Å². The van der Waals surface area contributed by atoms with Crippen molar-refractivity contribution in [2.75, 3.05) is 0 Å². The van der Waals surface area contributed by atoms with Crippen LogP contribution in [0.5, 0.6) is 0 Å². The number of carboxylic acid groups (broad SMARTS) is 1. The van der Waals surface area contributed by atoms with E-state index >= 15 is 0 Å². The van der Waals surface area contributed by atoms with Gasteiger partial charge < -0.3 is 14.6 Å². The van der Waals surface area contributed by atoms with Crippen LogP contribution in [0.2, 0.25) is 0 Å². The third-order valence-electron chi connectivity index (χ3n) is 1.97. The molecule has 0 fully saturated rings. The standard InChI is InChI=1S/C11H9BrO2.C2H4O2/c12-11-5-4-10(14-11)9-3-1-2-8(6-9)7-13;1-2(3)4/h1-6,13H,7H2;1H3,(H,3,4). The Balaban J connectivity index is 0.000000357. The van der Waals surface area contributed by atoms with Crippen molar-refractivity contribution in [3.05, 3.63) is 46.6 Å². The SMILES string of the molecule is CC(=O)O.OCc1cccc(-c2ccc(Br)o2)c1. The van der Waals surface area contributed by atoms with Crippen molar-refractivity contribution in [2.45, 2.75) is 13.5 Å². The summed E-state index contributed by atoms with van der Waals surface area (Å²) in [6, 6.07) is 11.4. The summed E-state index contributed by atoms with van der Waals surface area (Å²) in [5.41, 5.74) is 1.86. The van der Waals surface area contributed by atoms with Gasteiger partial charge in [-0.2, -0.15) is 0 Å². The number of carboxylic acids is 1. The molecule has 0 aliphatic rings. The monoisotopic (exact) mass is 312 g/mol. The molecule has 0 bridgehead atoms. The van der Waals surface area contributed by atoms with Crippen molar-refractivity contribution < 1.29 is 19.4 Å². The number of aliphatic hydroxyl groups excluding tert-OH is 1. The van der Waals surface area contributed by atoms with Crippen molar-refractivity contribution >= 4 is 21.9 Å². The Kier molecular flexibility index (Phi) is 5.61. The molecule has 4 nitrogen and oxygen atoms in total. The normalized spacial score (nSPS) is 9.50. The largest absolute Gasteiger partial charge is 0.481 e. The summed E-state index contributed by atoms with van der Waals surface area (Å²) >= 11 is 3.25. The molecule has 0 saturated heterocycles. The molecule has 0 aliphatic heterocycles. The fraction of sp³-hybridized carbons (Fsp3) is 0.154. The summed E-state index contributed by atoms with van der Waals surface area (Å²) in [5, 5.41) is 16.4. The lowest BCUT2D eigenvalue weighted by molar-refractivity contribution is -0.134. The van der Waals surface area contributed by atoms with Crippen LogP contribution in [0.15, 0.2) is 45.5 Å². The molecule has 2 aromatic rings. The lowest BCUT2D eigenvalue weighted by atomic mass is 10.1. The highest BCUT2D eigenvalue weighted by molar-refractivity contribution is 9.10. The number of aliphatic carboxylic acids is 1. The van der Waals surface area contributed by atoms with E-state index in [9.17, 15) is 0 Å². The van der Waals surface area contributed by atoms with Crippen LogP contribution in [0.3, 0.4) is 0 Å². The fourth-order valence-electron chi connectivity index (χ4n) is 1.29. The summed E-state index contributed by atoms with van der Waals surface area (Å²) in [6.07, 6.45) is 0. The van der Waals surface area contributed by atoms with Gasteiger partial charge in [-0.15, -0.1) is 0 Å². The summed E-state index contributed by atoms with van der Waals surface area (Å²) in [6.45, 7) is 1.13. The van der Waals surface area contributed by atoms with E-state index in [1.165, 1.54) is 0 Å². The van der Waals surface area contributed by atoms with Gasteiger partial charge in [-0.3, -0.25) is 4.79 Å². The Labute approximate surface area is 113 Å². The molecule has 0 spiro atoms. The smallest absolute Gasteiger partial charge is 0.300 e. The number of benzene rings is 1. The highest BCUT2D eigenvalue weighted by atomic mass is 79.9. The molecule has 96 valence electrons. The zero-order chi connectivity index (χ0) is 13.5. The van der Waals surface area contributed by atoms with E-state index in [0.29, 0.717) is 4.67 Å². The number of furan rings is 1. The Bertz CT molecular complexity index is 515. The number of carbonyl (C=O) groups is 1. The van der Waals surface area contributed by atoms with Gasteiger partial charge in [-0.05, 0) is 39.7 Å². The first kappa shape index (κ1) is 14.5. The van der Waals surface area contributed by atoms with Gasteiger partial charge in [0.2, 0.25) is 0 Å². The minimum Gasteiger partial charge on any atom is -0.481 e. The molecule has 0 amide bonds. The first-order valence-corrected chi connectivity index (χ1v) is 5.97. The average Bonchev–Trinajstić information content (AvgIpc) is 2.75. The molecule has 5 heteroatoms. The number of aliphatic hydroxyl groups is 1. The first-order chi connectivity index (χ1) is 8.52. The molecular weight excluding hydrogens is 300 g/mol. The third-order valence-corrected chi connectivity index (χ3v) is 2.39. The van der Waals surface area contributed by atoms with Crippen LogP contribution in [0.4, 0.5) is 0 Å². The van der Waals surface area contributed by atoms with Crippen LogP contribution in [-0.2, 0) is 11.4 Å². The maximum atomic E-state index is 9.00. The quantitative estimate of drug-likeness (QED) is 0.892. The predicted octanol–water partition coefficient (Wildman–Crippen LogP) is 3.29. The second-order valence-electron chi connectivity index (χ2n) is 3.48. The molecule has 0 aliphatic carbocycles. The zero-order valence-corrected chi connectivity index (χ0v) is 11.3. The molecule has 1 heterocycles. The van der Waals surface area contributed by atoms with Gasteiger partial charge in [0.15, 0.2) is 4.67 Å². The molecular formula is C13H13BrO4. The molecule has 0 unspecified atom stereocenters. The highest BCUT2D eigenvalue weighted by Gasteiger charge is 2.03. The van der Waals surface area contributed by atoms with Crippen molar-refractivity contribution in [2.24, 2.45) is 0 Å². The van der Waals surface area contributed by atoms with Crippen LogP contribution < -0.4 is 0 Å². The summed E-state index contributed by atoms with van der Waals surface area (Å²) in [4.78, 5) is 9.00. The van der Waals surface area contributed by atoms with Crippen LogP contribution >= 0.6 is 15.9 Å². The van der Waals surface area contributed by atoms with Crippen molar-refractivity contribution in [1.82, 2.24) is 0 Å². The van der Waals surface area contributed by atoms with Crippen LogP contribution in [0.25, 0.3) is 11.3 Å². The van der Waals surface area contributed by atoms with Gasteiger partial charge in [0.1, 0.15) is 5.76 Å². The first-order valence-electron chi connectivity index (χ1n) is 5.18. The van der Waals surface area contributed by atoms with Crippen LogP contribution in [-0.4, -0.2) is 16.2 Å². The van der Waals surface area contributed by atoms with E-state index in [1.54, 1.807) is 0 Å². The topological polar surface area (TPSA) is 70.7 Å². The van der Waals surface area contributed by atoms with E-state index in [4.69, 9.17) is 19.4 Å². The van der Waals surface area contributed by atoms with E-state index in [0.717, 1.165) is 23.8 Å². The van der Waals surface area contributed by atoms with Gasteiger partial charge in [-0.25, -0.2) is 0 Å². The van der Waals surface area contributed by atoms with Gasteiger partial charge in [0, 0.05) is 12.5 Å². The molecule has 0 saturated carbocycles. The van der Waals surface area contributed by atoms with E-state index in [2.05, 4.69) is 15.9 Å². The minimum absolute atomic E-state index is 0.0513. The summed E-state index contributed by atoms with van der Waals surface area (Å²) < 4.78 is 6.11. The van der Waals surface area contributed by atoms with E-state index < -0.39 is 5.97 Å². The van der Waals surface area contributed by atoms with Gasteiger partial charge in [-0.1, -0.05) is 18.2 Å². The van der Waals surface area contributed by atoms with Crippen molar-refractivity contribution in [3.8, 4) is 11.3 Å². The minimum atomic E-state index is -0.833. The molecule has 1 aromatic heterocycles. The lowest BCUT2D eigenvalue weighted by Crippen LogP contribution is -1.82.